The Kier molecular flexibility index (Phi) is 13.8. The topological polar surface area (TPSA) is 43.9 Å². The molecule has 0 aliphatic rings. The molecule has 8 aromatic carbocycles. The summed E-state index contributed by atoms with van der Waals surface area (Å²) in [5.74, 6) is 8.41. The second-order valence-corrected chi connectivity index (χ2v) is 31.6. The first-order valence-corrected chi connectivity index (χ1v) is 32.2. The average molecular weight is 1170 g/mol. The summed E-state index contributed by atoms with van der Waals surface area (Å²) in [4.78, 5) is 10.1. The molecular formula is C65H63GeIrN3O-2. The van der Waals surface area contributed by atoms with Crippen LogP contribution in [0.15, 0.2) is 162 Å². The number of para-hydroxylation sites is 2. The van der Waals surface area contributed by atoms with Crippen LogP contribution in [0.5, 0.6) is 0 Å². The molecule has 0 atom stereocenters. The Balaban J connectivity index is 0.000000184. The maximum atomic E-state index is 8.74. The smallest absolute Gasteiger partial charge is 0 e. The molecular weight excluding hydrogens is 1100 g/mol. The number of fused-ring (bicyclic) bond motifs is 7. The van der Waals surface area contributed by atoms with Crippen molar-refractivity contribution < 1.29 is 25.9 Å². The second kappa shape index (κ2) is 20.2. The van der Waals surface area contributed by atoms with Gasteiger partial charge in [-0.25, -0.2) is 0 Å². The Morgan fingerprint density at radius 3 is 2.00 bits per heavy atom. The molecule has 11 rings (SSSR count). The minimum Gasteiger partial charge on any atom is 0 e. The van der Waals surface area contributed by atoms with Crippen LogP contribution < -0.4 is 4.40 Å². The maximum Gasteiger partial charge on any atom is 0 e. The van der Waals surface area contributed by atoms with Gasteiger partial charge in [0, 0.05) is 25.8 Å². The fourth-order valence-corrected chi connectivity index (χ4v) is 13.4. The van der Waals surface area contributed by atoms with Crippen molar-refractivity contribution in [3.8, 4) is 39.5 Å². The largest absolute Gasteiger partial charge is 0 e. The van der Waals surface area contributed by atoms with E-state index < -0.39 is 19.2 Å². The maximum absolute atomic E-state index is 8.74. The van der Waals surface area contributed by atoms with Crippen molar-refractivity contribution in [1.82, 2.24) is 14.5 Å². The van der Waals surface area contributed by atoms with Crippen molar-refractivity contribution >= 4 is 72.2 Å². The van der Waals surface area contributed by atoms with Crippen LogP contribution in [-0.2, 0) is 20.1 Å². The molecule has 0 amide bonds. The first-order valence-electron chi connectivity index (χ1n) is 25.4. The molecule has 0 saturated carbocycles. The minimum absolute atomic E-state index is 0. The van der Waals surface area contributed by atoms with E-state index in [4.69, 9.17) is 15.8 Å². The molecule has 3 heterocycles. The normalized spacial score (nSPS) is 12.3. The first kappa shape index (κ1) is 48.5. The molecule has 71 heavy (non-hydrogen) atoms. The predicted octanol–water partition coefficient (Wildman–Crippen LogP) is 18.0. The van der Waals surface area contributed by atoms with Gasteiger partial charge in [-0.2, -0.15) is 0 Å². The van der Waals surface area contributed by atoms with Crippen LogP contribution in [0.4, 0.5) is 0 Å². The van der Waals surface area contributed by atoms with Crippen molar-refractivity contribution in [3.05, 3.63) is 192 Å². The van der Waals surface area contributed by atoms with Crippen LogP contribution in [0, 0.1) is 12.1 Å². The zero-order chi connectivity index (χ0) is 49.9. The SMILES string of the molecule is CC(C)c1cc(-c2ccccc2)cc(C(C)C)c1-n1c(-c2[c-]cc3c(ccc4ccccc43)c2)nc2ccccc21.[2H]C(C)(C)c1cc(-c2[c-]ccc3c2oc2cc(C(C)C)ccc23)nc[c]1[Ge]([CH3])([CH3])[CH3].[Ir]. The summed E-state index contributed by atoms with van der Waals surface area (Å²) in [7, 11) is 0. The van der Waals surface area contributed by atoms with Crippen LogP contribution in [0.25, 0.3) is 94.0 Å². The van der Waals surface area contributed by atoms with E-state index in [1.165, 1.54) is 59.4 Å². The number of imidazole rings is 1. The molecule has 0 N–H and O–H groups in total. The molecule has 3 aromatic heterocycles. The number of hydrogen-bond acceptors (Lipinski definition) is 3. The summed E-state index contributed by atoms with van der Waals surface area (Å²) in [6.45, 7) is 17.5. The van der Waals surface area contributed by atoms with Crippen molar-refractivity contribution in [2.24, 2.45) is 0 Å². The number of furan rings is 1. The van der Waals surface area contributed by atoms with E-state index in [1.54, 1.807) is 0 Å². The van der Waals surface area contributed by atoms with Crippen LogP contribution in [-0.4, -0.2) is 27.8 Å². The number of pyridine rings is 1. The van der Waals surface area contributed by atoms with Gasteiger partial charge in [-0.1, -0.05) is 117 Å². The number of aromatic nitrogens is 3. The van der Waals surface area contributed by atoms with Gasteiger partial charge in [-0.05, 0) is 63.7 Å². The summed E-state index contributed by atoms with van der Waals surface area (Å²) in [5.41, 5.74) is 15.3. The van der Waals surface area contributed by atoms with Crippen LogP contribution in [0.2, 0.25) is 17.3 Å². The molecule has 6 heteroatoms. The molecule has 1 radical (unpaired) electrons. The number of hydrogen-bond donors (Lipinski definition) is 0. The Morgan fingerprint density at radius 1 is 0.606 bits per heavy atom. The Hall–Kier alpha value is -6.11. The van der Waals surface area contributed by atoms with E-state index in [9.17, 15) is 0 Å². The zero-order valence-corrected chi connectivity index (χ0v) is 47.3. The Morgan fingerprint density at radius 2 is 1.30 bits per heavy atom. The van der Waals surface area contributed by atoms with Gasteiger partial charge in [0.2, 0.25) is 0 Å². The third-order valence-corrected chi connectivity index (χ3v) is 18.1. The quantitative estimate of drug-likeness (QED) is 0.0822. The summed E-state index contributed by atoms with van der Waals surface area (Å²) in [6.07, 6.45) is 2.01. The molecule has 11 aromatic rings. The molecule has 0 aliphatic carbocycles. The van der Waals surface area contributed by atoms with Crippen molar-refractivity contribution in [2.75, 3.05) is 0 Å². The number of nitrogens with zero attached hydrogens (tertiary/aromatic N) is 3. The summed E-state index contributed by atoms with van der Waals surface area (Å²) in [5, 5.41) is 7.11. The van der Waals surface area contributed by atoms with Crippen LogP contribution in [0.3, 0.4) is 0 Å². The first-order chi connectivity index (χ1) is 34.0. The molecule has 0 fully saturated rings. The van der Waals surface area contributed by atoms with E-state index in [0.717, 1.165) is 61.2 Å². The molecule has 0 bridgehead atoms. The monoisotopic (exact) mass is 1170 g/mol. The Bertz CT molecular complexity index is 3750. The van der Waals surface area contributed by atoms with Gasteiger partial charge >= 0.3 is 178 Å². The van der Waals surface area contributed by atoms with Gasteiger partial charge in [0.15, 0.2) is 0 Å². The average Bonchev–Trinajstić information content (AvgIpc) is 3.94. The van der Waals surface area contributed by atoms with Gasteiger partial charge in [-0.15, -0.1) is 29.1 Å². The standard InChI is InChI=1S/C39H33N2.C26H30GeNO.Ir/c1-25(2)34-23-31(27-12-6-5-7-13-27)24-35(26(3)4)38(34)41-37-17-11-10-16-36(37)40-39(41)30-20-21-33-29(22-30)19-18-28-14-8-9-15-32(28)33;1-16(2)18-11-12-19-20-9-8-10-21(26(20)29-25(19)13-18)24-14-22(17(3)4)23(15-28-24)27(5,6)7;/h5-19,21-26H,1-4H3;8-9,11-17H,1-7H3;/q2*-1;/i;17D;. The minimum atomic E-state index is -2.16. The van der Waals surface area contributed by atoms with Crippen LogP contribution >= 0.6 is 0 Å². The van der Waals surface area contributed by atoms with Gasteiger partial charge in [0.05, 0.1) is 16.9 Å². The van der Waals surface area contributed by atoms with Gasteiger partial charge in [-0.3, -0.25) is 4.98 Å². The van der Waals surface area contributed by atoms with Gasteiger partial charge in [0.1, 0.15) is 0 Å². The Labute approximate surface area is 437 Å². The molecule has 4 nitrogen and oxygen atoms in total. The van der Waals surface area contributed by atoms with Crippen molar-refractivity contribution in [1.29, 1.82) is 0 Å². The van der Waals surface area contributed by atoms with Crippen LogP contribution in [0.1, 0.15) is 103 Å². The van der Waals surface area contributed by atoms with E-state index in [2.05, 4.69) is 221 Å². The molecule has 0 unspecified atom stereocenters. The van der Waals surface area contributed by atoms with E-state index >= 15 is 0 Å². The third kappa shape index (κ3) is 9.57. The summed E-state index contributed by atoms with van der Waals surface area (Å²) in [6, 6.07) is 61.0. The van der Waals surface area contributed by atoms with Crippen molar-refractivity contribution in [3.63, 3.8) is 0 Å². The zero-order valence-electron chi connectivity index (χ0n) is 43.8. The fraction of sp³-hybridized carbons (Fsp3) is 0.231. The number of rotatable bonds is 9. The van der Waals surface area contributed by atoms with E-state index in [-0.39, 0.29) is 20.1 Å². The number of benzene rings is 8. The molecule has 0 spiro atoms. The molecule has 0 aliphatic heterocycles. The van der Waals surface area contributed by atoms with Crippen molar-refractivity contribution in [2.45, 2.75) is 96.3 Å². The summed E-state index contributed by atoms with van der Waals surface area (Å²) < 4.78 is 18.8. The van der Waals surface area contributed by atoms with E-state index in [1.807, 2.05) is 26.1 Å². The predicted molar refractivity (Wildman–Crippen MR) is 301 cm³/mol. The van der Waals surface area contributed by atoms with Gasteiger partial charge in [0.25, 0.3) is 0 Å². The summed E-state index contributed by atoms with van der Waals surface area (Å²) >= 11 is -2.16. The van der Waals surface area contributed by atoms with E-state index in [0.29, 0.717) is 17.8 Å². The fourth-order valence-electron chi connectivity index (χ4n) is 10.0. The molecule has 359 valence electrons. The third-order valence-electron chi connectivity index (χ3n) is 13.9. The van der Waals surface area contributed by atoms with Gasteiger partial charge < -0.3 is 4.57 Å². The second-order valence-electron chi connectivity index (χ2n) is 21.0. The molecule has 0 saturated heterocycles.